The number of carbonyl (C=O) groups is 1. The predicted molar refractivity (Wildman–Crippen MR) is 84.4 cm³/mol. The number of esters is 1. The van der Waals surface area contributed by atoms with E-state index in [1.165, 1.54) is 6.20 Å². The summed E-state index contributed by atoms with van der Waals surface area (Å²) in [5.74, 6) is -3.07. The van der Waals surface area contributed by atoms with Crippen LogP contribution in [0.5, 0.6) is 5.75 Å². The van der Waals surface area contributed by atoms with Crippen molar-refractivity contribution >= 4 is 11.7 Å². The van der Waals surface area contributed by atoms with Crippen molar-refractivity contribution in [2.75, 3.05) is 12.8 Å². The van der Waals surface area contributed by atoms with E-state index in [4.69, 9.17) is 15.7 Å². The molecule has 1 aromatic carbocycles. The molecule has 2 N–H and O–H groups in total. The average molecular weight is 347 g/mol. The van der Waals surface area contributed by atoms with Crippen molar-refractivity contribution in [1.29, 1.82) is 5.26 Å². The van der Waals surface area contributed by atoms with Gasteiger partial charge in [-0.25, -0.2) is 13.6 Å². The number of nitrogen functional groups attached to an aromatic ring is 1. The number of nitrogens with two attached hydrogens (primary N) is 1. The summed E-state index contributed by atoms with van der Waals surface area (Å²) in [4.78, 5) is 11.9. The van der Waals surface area contributed by atoms with Gasteiger partial charge in [-0.1, -0.05) is 0 Å². The number of halogens is 2. The minimum atomic E-state index is -0.900. The van der Waals surface area contributed by atoms with E-state index in [0.29, 0.717) is 0 Å². The Bertz CT molecular complexity index is 859. The maximum Gasteiger partial charge on any atom is 0.357 e. The van der Waals surface area contributed by atoms with Gasteiger partial charge in [0.05, 0.1) is 30.2 Å². The van der Waals surface area contributed by atoms with Crippen molar-refractivity contribution < 1.29 is 23.0 Å². The highest BCUT2D eigenvalue weighted by Gasteiger charge is 2.26. The van der Waals surface area contributed by atoms with E-state index in [2.05, 4.69) is 4.74 Å². The molecule has 0 radical (unpaired) electrons. The summed E-state index contributed by atoms with van der Waals surface area (Å²) in [6.45, 7) is 0. The van der Waals surface area contributed by atoms with Crippen LogP contribution >= 0.6 is 0 Å². The van der Waals surface area contributed by atoms with Gasteiger partial charge in [0, 0.05) is 18.3 Å². The summed E-state index contributed by atoms with van der Waals surface area (Å²) in [6.07, 6.45) is 3.52. The van der Waals surface area contributed by atoms with Gasteiger partial charge in [0.25, 0.3) is 0 Å². The molecule has 0 amide bonds. The van der Waals surface area contributed by atoms with E-state index >= 15 is 0 Å². The van der Waals surface area contributed by atoms with Gasteiger partial charge in [-0.3, -0.25) is 0 Å². The van der Waals surface area contributed by atoms with E-state index in [9.17, 15) is 13.6 Å². The Hall–Kier alpha value is -3.08. The first kappa shape index (κ1) is 16.8. The number of carbonyl (C=O) groups excluding carboxylic acids is 1. The van der Waals surface area contributed by atoms with Gasteiger partial charge in [-0.15, -0.1) is 0 Å². The van der Waals surface area contributed by atoms with Crippen molar-refractivity contribution in [3.8, 4) is 17.5 Å². The lowest BCUT2D eigenvalue weighted by molar-refractivity contribution is 0.0593. The minimum Gasteiger partial charge on any atom is -0.484 e. The van der Waals surface area contributed by atoms with E-state index in [1.807, 2.05) is 6.07 Å². The van der Waals surface area contributed by atoms with Crippen LogP contribution in [0, 0.1) is 23.0 Å². The number of hydrogen-bond acceptors (Lipinski definition) is 5. The fourth-order valence-electron chi connectivity index (χ4n) is 2.57. The maximum absolute atomic E-state index is 14.3. The second-order valence-corrected chi connectivity index (χ2v) is 5.69. The Kier molecular flexibility index (Phi) is 4.31. The molecular weight excluding hydrogens is 332 g/mol. The minimum absolute atomic E-state index is 0.00369. The zero-order valence-corrected chi connectivity index (χ0v) is 13.4. The lowest BCUT2D eigenvalue weighted by atomic mass is 9.96. The first-order chi connectivity index (χ1) is 12.0. The average Bonchev–Trinajstić information content (AvgIpc) is 2.88. The fraction of sp³-hybridized carbons (Fsp3) is 0.294. The molecule has 3 rings (SSSR count). The maximum atomic E-state index is 14.3. The largest absolute Gasteiger partial charge is 0.484 e. The van der Waals surface area contributed by atoms with Crippen LogP contribution in [0.4, 0.5) is 14.5 Å². The molecule has 6 nitrogen and oxygen atoms in total. The van der Waals surface area contributed by atoms with Crippen LogP contribution in [0.15, 0.2) is 18.3 Å². The van der Waals surface area contributed by atoms with E-state index in [1.54, 1.807) is 0 Å². The Labute approximate surface area is 142 Å². The molecule has 1 fully saturated rings. The van der Waals surface area contributed by atoms with Crippen molar-refractivity contribution in [1.82, 2.24) is 4.57 Å². The van der Waals surface area contributed by atoms with E-state index in [-0.39, 0.29) is 28.7 Å². The number of nitriles is 1. The van der Waals surface area contributed by atoms with Gasteiger partial charge in [0.1, 0.15) is 6.07 Å². The molecule has 8 heteroatoms. The quantitative estimate of drug-likeness (QED) is 0.859. The Morgan fingerprint density at radius 2 is 2.00 bits per heavy atom. The van der Waals surface area contributed by atoms with Gasteiger partial charge < -0.3 is 19.8 Å². The molecule has 25 heavy (non-hydrogen) atoms. The molecule has 0 aliphatic heterocycles. The van der Waals surface area contributed by atoms with Crippen LogP contribution in [-0.4, -0.2) is 23.8 Å². The molecule has 130 valence electrons. The monoisotopic (exact) mass is 347 g/mol. The van der Waals surface area contributed by atoms with Crippen LogP contribution in [0.2, 0.25) is 0 Å². The molecule has 1 heterocycles. The van der Waals surface area contributed by atoms with Gasteiger partial charge in [0.15, 0.2) is 23.1 Å². The lowest BCUT2D eigenvalue weighted by Gasteiger charge is -2.26. The van der Waals surface area contributed by atoms with Crippen molar-refractivity contribution in [3.63, 3.8) is 0 Å². The number of anilines is 1. The number of benzene rings is 1. The third-order valence-corrected chi connectivity index (χ3v) is 4.14. The molecule has 1 aliphatic rings. The van der Waals surface area contributed by atoms with Crippen molar-refractivity contribution in [3.05, 3.63) is 41.2 Å². The molecule has 1 saturated carbocycles. The van der Waals surface area contributed by atoms with Crippen LogP contribution in [-0.2, 0) is 4.74 Å². The zero-order chi connectivity index (χ0) is 18.1. The van der Waals surface area contributed by atoms with Crippen LogP contribution in [0.1, 0.15) is 35.3 Å². The summed E-state index contributed by atoms with van der Waals surface area (Å²) in [6, 6.07) is 3.86. The van der Waals surface area contributed by atoms with Crippen LogP contribution in [0.3, 0.4) is 0 Å². The van der Waals surface area contributed by atoms with Gasteiger partial charge in [-0.05, 0) is 19.3 Å². The third kappa shape index (κ3) is 2.89. The molecule has 1 aromatic heterocycles. The second kappa shape index (κ2) is 6.43. The SMILES string of the molecule is COC(=O)c1c(N)c(C#N)cn1-c1cc(F)c(OC2CCC2)c(F)c1. The number of rotatable bonds is 4. The Morgan fingerprint density at radius 1 is 1.36 bits per heavy atom. The summed E-state index contributed by atoms with van der Waals surface area (Å²) >= 11 is 0. The normalized spacial score (nSPS) is 13.8. The molecular formula is C17H15F2N3O3. The molecule has 0 bridgehead atoms. The van der Waals surface area contributed by atoms with Gasteiger partial charge >= 0.3 is 5.97 Å². The van der Waals surface area contributed by atoms with Crippen molar-refractivity contribution in [2.45, 2.75) is 25.4 Å². The van der Waals surface area contributed by atoms with E-state index in [0.717, 1.165) is 43.1 Å². The molecule has 0 spiro atoms. The third-order valence-electron chi connectivity index (χ3n) is 4.14. The lowest BCUT2D eigenvalue weighted by Crippen LogP contribution is -2.25. The topological polar surface area (TPSA) is 90.3 Å². The summed E-state index contributed by atoms with van der Waals surface area (Å²) in [7, 11) is 1.14. The Morgan fingerprint density at radius 3 is 2.48 bits per heavy atom. The summed E-state index contributed by atoms with van der Waals surface area (Å²) in [5.41, 5.74) is 5.46. The summed E-state index contributed by atoms with van der Waals surface area (Å²) in [5, 5.41) is 9.08. The zero-order valence-electron chi connectivity index (χ0n) is 13.4. The summed E-state index contributed by atoms with van der Waals surface area (Å²) < 4.78 is 39.7. The molecule has 0 atom stereocenters. The molecule has 0 unspecified atom stereocenters. The highest BCUT2D eigenvalue weighted by molar-refractivity contribution is 5.95. The molecule has 2 aromatic rings. The number of nitrogens with zero attached hydrogens (tertiary/aromatic N) is 2. The number of aromatic nitrogens is 1. The molecule has 0 saturated heterocycles. The Balaban J connectivity index is 2.08. The second-order valence-electron chi connectivity index (χ2n) is 5.69. The first-order valence-electron chi connectivity index (χ1n) is 7.61. The van der Waals surface area contributed by atoms with E-state index < -0.39 is 23.4 Å². The fourth-order valence-corrected chi connectivity index (χ4v) is 2.57. The highest BCUT2D eigenvalue weighted by atomic mass is 19.1. The van der Waals surface area contributed by atoms with Crippen LogP contribution in [0.25, 0.3) is 5.69 Å². The number of methoxy groups -OCH3 is 1. The standard InChI is InChI=1S/C17H15F2N3O3/c1-24-17(23)15-14(21)9(7-20)8-22(15)10-5-12(18)16(13(19)6-10)25-11-3-2-4-11/h5-6,8,11H,2-4,21H2,1H3. The highest BCUT2D eigenvalue weighted by Crippen LogP contribution is 2.32. The molecule has 1 aliphatic carbocycles. The number of hydrogen-bond donors (Lipinski definition) is 1. The van der Waals surface area contributed by atoms with Crippen molar-refractivity contribution in [2.24, 2.45) is 0 Å². The predicted octanol–water partition coefficient (Wildman–Crippen LogP) is 2.93. The van der Waals surface area contributed by atoms with Gasteiger partial charge in [-0.2, -0.15) is 5.26 Å². The van der Waals surface area contributed by atoms with Crippen LogP contribution < -0.4 is 10.5 Å². The number of ether oxygens (including phenoxy) is 2. The first-order valence-corrected chi connectivity index (χ1v) is 7.61. The smallest absolute Gasteiger partial charge is 0.357 e. The van der Waals surface area contributed by atoms with Gasteiger partial charge in [0.2, 0.25) is 0 Å².